The SMILES string of the molecule is CC(C)(C)OC(=O)NCCOCCOCCOCCCCCC(=O)O. The van der Waals surface area contributed by atoms with Gasteiger partial charge in [0.1, 0.15) is 5.60 Å². The van der Waals surface area contributed by atoms with Gasteiger partial charge in [0, 0.05) is 19.6 Å². The maximum Gasteiger partial charge on any atom is 0.407 e. The summed E-state index contributed by atoms with van der Waals surface area (Å²) in [4.78, 5) is 21.7. The Kier molecular flexibility index (Phi) is 14.1. The molecule has 0 aromatic heterocycles. The van der Waals surface area contributed by atoms with Crippen LogP contribution in [0.1, 0.15) is 46.5 Å². The number of alkyl carbamates (subject to hydrolysis) is 1. The summed E-state index contributed by atoms with van der Waals surface area (Å²) in [7, 11) is 0. The van der Waals surface area contributed by atoms with Gasteiger partial charge in [-0.1, -0.05) is 6.42 Å². The molecule has 0 atom stereocenters. The maximum atomic E-state index is 11.4. The average molecular weight is 363 g/mol. The van der Waals surface area contributed by atoms with Gasteiger partial charge in [-0.15, -0.1) is 0 Å². The predicted octanol–water partition coefficient (Wildman–Crippen LogP) is 2.21. The fourth-order valence-electron chi connectivity index (χ4n) is 1.74. The Morgan fingerprint density at radius 3 is 1.96 bits per heavy atom. The van der Waals surface area contributed by atoms with E-state index in [2.05, 4.69) is 5.32 Å². The number of nitrogens with one attached hydrogen (secondary N) is 1. The summed E-state index contributed by atoms with van der Waals surface area (Å²) in [5, 5.41) is 11.1. The molecule has 25 heavy (non-hydrogen) atoms. The van der Waals surface area contributed by atoms with E-state index in [1.165, 1.54) is 0 Å². The highest BCUT2D eigenvalue weighted by atomic mass is 16.6. The number of unbranched alkanes of at least 4 members (excludes halogenated alkanes) is 2. The number of aliphatic carboxylic acids is 1. The Bertz CT molecular complexity index is 355. The van der Waals surface area contributed by atoms with Crippen molar-refractivity contribution in [1.82, 2.24) is 5.32 Å². The van der Waals surface area contributed by atoms with Crippen LogP contribution in [0, 0.1) is 0 Å². The zero-order chi connectivity index (χ0) is 19.0. The first-order valence-electron chi connectivity index (χ1n) is 8.73. The molecule has 0 spiro atoms. The monoisotopic (exact) mass is 363 g/mol. The fourth-order valence-corrected chi connectivity index (χ4v) is 1.74. The number of carboxylic acids is 1. The third-order valence-electron chi connectivity index (χ3n) is 2.84. The van der Waals surface area contributed by atoms with Crippen LogP contribution in [0.4, 0.5) is 4.79 Å². The molecule has 0 heterocycles. The van der Waals surface area contributed by atoms with E-state index in [9.17, 15) is 9.59 Å². The largest absolute Gasteiger partial charge is 0.481 e. The molecule has 0 aliphatic carbocycles. The van der Waals surface area contributed by atoms with Gasteiger partial charge >= 0.3 is 12.1 Å². The first-order valence-corrected chi connectivity index (χ1v) is 8.73. The second kappa shape index (κ2) is 14.9. The third-order valence-corrected chi connectivity index (χ3v) is 2.84. The van der Waals surface area contributed by atoms with Crippen LogP contribution >= 0.6 is 0 Å². The van der Waals surface area contributed by atoms with Crippen molar-refractivity contribution in [2.45, 2.75) is 52.1 Å². The van der Waals surface area contributed by atoms with Crippen molar-refractivity contribution >= 4 is 12.1 Å². The van der Waals surface area contributed by atoms with Crippen LogP contribution in [-0.2, 0) is 23.7 Å². The molecule has 0 bridgehead atoms. The number of ether oxygens (including phenoxy) is 4. The zero-order valence-electron chi connectivity index (χ0n) is 15.7. The Labute approximate surface area is 150 Å². The Hall–Kier alpha value is -1.38. The highest BCUT2D eigenvalue weighted by molar-refractivity contribution is 5.67. The van der Waals surface area contributed by atoms with Crippen LogP contribution in [0.2, 0.25) is 0 Å². The second-order valence-corrected chi connectivity index (χ2v) is 6.47. The van der Waals surface area contributed by atoms with Crippen LogP contribution in [0.3, 0.4) is 0 Å². The number of carboxylic acid groups (broad SMARTS) is 1. The third kappa shape index (κ3) is 20.6. The van der Waals surface area contributed by atoms with Crippen LogP contribution in [0.25, 0.3) is 0 Å². The summed E-state index contributed by atoms with van der Waals surface area (Å²) < 4.78 is 21.1. The van der Waals surface area contributed by atoms with Crippen LogP contribution in [0.15, 0.2) is 0 Å². The highest BCUT2D eigenvalue weighted by Gasteiger charge is 2.15. The molecule has 0 aromatic rings. The number of amides is 1. The number of rotatable bonds is 15. The molecule has 0 unspecified atom stereocenters. The Morgan fingerprint density at radius 1 is 0.840 bits per heavy atom. The number of carbonyl (C=O) groups is 2. The molecule has 8 nitrogen and oxygen atoms in total. The molecule has 0 aliphatic heterocycles. The minimum atomic E-state index is -0.753. The Morgan fingerprint density at radius 2 is 1.40 bits per heavy atom. The maximum absolute atomic E-state index is 11.4. The molecular formula is C17H33NO7. The highest BCUT2D eigenvalue weighted by Crippen LogP contribution is 2.06. The lowest BCUT2D eigenvalue weighted by Gasteiger charge is -2.19. The molecule has 1 amide bonds. The van der Waals surface area contributed by atoms with Gasteiger partial charge in [-0.2, -0.15) is 0 Å². The fraction of sp³-hybridized carbons (Fsp3) is 0.882. The van der Waals surface area contributed by atoms with E-state index in [0.29, 0.717) is 52.6 Å². The summed E-state index contributed by atoms with van der Waals surface area (Å²) in [6.07, 6.45) is 2.18. The van der Waals surface area contributed by atoms with Crippen molar-refractivity contribution < 1.29 is 33.6 Å². The van der Waals surface area contributed by atoms with E-state index < -0.39 is 17.7 Å². The minimum absolute atomic E-state index is 0.219. The van der Waals surface area contributed by atoms with Gasteiger partial charge in [0.2, 0.25) is 0 Å². The number of hydrogen-bond acceptors (Lipinski definition) is 6. The van der Waals surface area contributed by atoms with Gasteiger partial charge in [-0.3, -0.25) is 4.79 Å². The van der Waals surface area contributed by atoms with E-state index in [-0.39, 0.29) is 6.42 Å². The van der Waals surface area contributed by atoms with Crippen molar-refractivity contribution in [2.75, 3.05) is 46.2 Å². The quantitative estimate of drug-likeness (QED) is 0.430. The summed E-state index contributed by atoms with van der Waals surface area (Å²) in [5.74, 6) is -0.753. The predicted molar refractivity (Wildman–Crippen MR) is 92.8 cm³/mol. The summed E-state index contributed by atoms with van der Waals surface area (Å²) >= 11 is 0. The zero-order valence-corrected chi connectivity index (χ0v) is 15.7. The van der Waals surface area contributed by atoms with Crippen molar-refractivity contribution in [3.05, 3.63) is 0 Å². The smallest absolute Gasteiger partial charge is 0.407 e. The van der Waals surface area contributed by atoms with Gasteiger partial charge in [0.05, 0.1) is 33.0 Å². The Balaban J connectivity index is 3.17. The average Bonchev–Trinajstić information content (AvgIpc) is 2.49. The number of hydrogen-bond donors (Lipinski definition) is 2. The molecule has 0 aliphatic rings. The van der Waals surface area contributed by atoms with Crippen molar-refractivity contribution in [2.24, 2.45) is 0 Å². The van der Waals surface area contributed by atoms with Crippen LogP contribution < -0.4 is 5.32 Å². The first kappa shape index (κ1) is 23.6. The van der Waals surface area contributed by atoms with Gasteiger partial charge in [0.15, 0.2) is 0 Å². The molecule has 0 rings (SSSR count). The molecule has 0 radical (unpaired) electrons. The molecule has 8 heteroatoms. The van der Waals surface area contributed by atoms with Crippen molar-refractivity contribution in [3.8, 4) is 0 Å². The van der Waals surface area contributed by atoms with E-state index in [0.717, 1.165) is 12.8 Å². The summed E-state index contributed by atoms with van der Waals surface area (Å²) in [5.41, 5.74) is -0.501. The molecule has 0 saturated carbocycles. The van der Waals surface area contributed by atoms with Gasteiger partial charge in [-0.05, 0) is 33.6 Å². The second-order valence-electron chi connectivity index (χ2n) is 6.47. The lowest BCUT2D eigenvalue weighted by Crippen LogP contribution is -2.34. The van der Waals surface area contributed by atoms with Gasteiger partial charge in [0.25, 0.3) is 0 Å². The van der Waals surface area contributed by atoms with Crippen molar-refractivity contribution in [1.29, 1.82) is 0 Å². The van der Waals surface area contributed by atoms with E-state index in [1.807, 2.05) is 20.8 Å². The molecule has 0 saturated heterocycles. The van der Waals surface area contributed by atoms with Crippen LogP contribution in [0.5, 0.6) is 0 Å². The molecule has 0 aromatic carbocycles. The molecule has 148 valence electrons. The van der Waals surface area contributed by atoms with E-state index in [4.69, 9.17) is 24.1 Å². The lowest BCUT2D eigenvalue weighted by atomic mass is 10.2. The van der Waals surface area contributed by atoms with Crippen LogP contribution in [-0.4, -0.2) is 69.0 Å². The topological polar surface area (TPSA) is 103 Å². The normalized spacial score (nSPS) is 11.3. The standard InChI is InChI=1S/C17H33NO7/c1-17(2,3)25-16(21)18-8-10-23-12-14-24-13-11-22-9-6-4-5-7-15(19)20/h4-14H2,1-3H3,(H,18,21)(H,19,20). The van der Waals surface area contributed by atoms with E-state index in [1.54, 1.807) is 0 Å². The van der Waals surface area contributed by atoms with Gasteiger partial charge in [-0.25, -0.2) is 4.79 Å². The van der Waals surface area contributed by atoms with Crippen molar-refractivity contribution in [3.63, 3.8) is 0 Å². The lowest BCUT2D eigenvalue weighted by molar-refractivity contribution is -0.137. The molecular weight excluding hydrogens is 330 g/mol. The molecule has 0 fully saturated rings. The van der Waals surface area contributed by atoms with Gasteiger partial charge < -0.3 is 29.4 Å². The number of carbonyl (C=O) groups excluding carboxylic acids is 1. The first-order chi connectivity index (χ1) is 11.8. The van der Waals surface area contributed by atoms with E-state index >= 15 is 0 Å². The summed E-state index contributed by atoms with van der Waals surface area (Å²) in [6, 6.07) is 0. The summed E-state index contributed by atoms with van der Waals surface area (Å²) in [6.45, 7) is 8.76. The molecule has 2 N–H and O–H groups in total. The minimum Gasteiger partial charge on any atom is -0.481 e.